The van der Waals surface area contributed by atoms with E-state index in [4.69, 9.17) is 0 Å². The molecule has 2 heteroatoms. The molecule has 0 unspecified atom stereocenters. The molecule has 88 valence electrons. The van der Waals surface area contributed by atoms with Crippen LogP contribution < -0.4 is 5.32 Å². The van der Waals surface area contributed by atoms with Crippen molar-refractivity contribution in [1.29, 1.82) is 0 Å². The number of unbranched alkanes of at least 4 members (excludes halogenated alkanes) is 1. The number of nitrogens with one attached hydrogen (secondary N) is 1. The van der Waals surface area contributed by atoms with Gasteiger partial charge in [0.05, 0.1) is 0 Å². The van der Waals surface area contributed by atoms with Crippen LogP contribution in [0.4, 0.5) is 0 Å². The average molecular weight is 210 g/mol. The fourth-order valence-electron chi connectivity index (χ4n) is 1.27. The molecule has 0 aromatic rings. The molecule has 0 saturated carbocycles. The van der Waals surface area contributed by atoms with Crippen LogP contribution in [0.2, 0.25) is 0 Å². The Morgan fingerprint density at radius 3 is 2.53 bits per heavy atom. The molecule has 0 amide bonds. The van der Waals surface area contributed by atoms with Gasteiger partial charge in [0, 0.05) is 19.0 Å². The van der Waals surface area contributed by atoms with E-state index in [1.807, 2.05) is 6.92 Å². The zero-order chi connectivity index (χ0) is 11.5. The van der Waals surface area contributed by atoms with Crippen LogP contribution in [-0.2, 0) is 0 Å². The summed E-state index contributed by atoms with van der Waals surface area (Å²) in [5.74, 6) is 5.95. The van der Waals surface area contributed by atoms with E-state index in [1.165, 1.54) is 19.4 Å². The second kappa shape index (κ2) is 10.0. The van der Waals surface area contributed by atoms with Crippen LogP contribution in [0, 0.1) is 11.8 Å². The standard InChI is InChI=1S/C13H26N2/c1-5-6-7-10-14-11-8-9-12-15(4)13(2)3/h13-14H,7-12H2,1-4H3. The van der Waals surface area contributed by atoms with Gasteiger partial charge in [-0.25, -0.2) is 0 Å². The SMILES string of the molecule is CC#CCCNCCCCN(C)C(C)C. The van der Waals surface area contributed by atoms with Crippen LogP contribution in [0.1, 0.15) is 40.0 Å². The molecule has 0 aliphatic heterocycles. The Morgan fingerprint density at radius 1 is 1.20 bits per heavy atom. The highest BCUT2D eigenvalue weighted by molar-refractivity contribution is 4.94. The second-order valence-corrected chi connectivity index (χ2v) is 4.21. The first kappa shape index (κ1) is 14.5. The first-order chi connectivity index (χ1) is 7.18. The molecule has 0 aliphatic carbocycles. The molecule has 1 N–H and O–H groups in total. The topological polar surface area (TPSA) is 15.3 Å². The molecular weight excluding hydrogens is 184 g/mol. The third-order valence-corrected chi connectivity index (χ3v) is 2.60. The van der Waals surface area contributed by atoms with Crippen molar-refractivity contribution in [2.75, 3.05) is 26.7 Å². The Hall–Kier alpha value is -0.520. The summed E-state index contributed by atoms with van der Waals surface area (Å²) < 4.78 is 0. The van der Waals surface area contributed by atoms with Crippen LogP contribution in [0.25, 0.3) is 0 Å². The summed E-state index contributed by atoms with van der Waals surface area (Å²) in [6.45, 7) is 9.72. The fourth-order valence-corrected chi connectivity index (χ4v) is 1.27. The van der Waals surface area contributed by atoms with Crippen LogP contribution in [-0.4, -0.2) is 37.6 Å². The van der Waals surface area contributed by atoms with Gasteiger partial charge >= 0.3 is 0 Å². The lowest BCUT2D eigenvalue weighted by atomic mass is 10.2. The van der Waals surface area contributed by atoms with Gasteiger partial charge in [-0.3, -0.25) is 0 Å². The summed E-state index contributed by atoms with van der Waals surface area (Å²) in [5, 5.41) is 3.40. The van der Waals surface area contributed by atoms with Crippen LogP contribution in [0.5, 0.6) is 0 Å². The molecule has 0 radical (unpaired) electrons. The quantitative estimate of drug-likeness (QED) is 0.487. The molecule has 0 heterocycles. The predicted octanol–water partition coefficient (Wildman–Crippen LogP) is 2.11. The molecule has 0 aromatic carbocycles. The third kappa shape index (κ3) is 9.78. The molecule has 0 bridgehead atoms. The lowest BCUT2D eigenvalue weighted by molar-refractivity contribution is 0.268. The molecule has 0 rings (SSSR count). The maximum atomic E-state index is 3.40. The van der Waals surface area contributed by atoms with Gasteiger partial charge in [0.2, 0.25) is 0 Å². The Morgan fingerprint density at radius 2 is 1.93 bits per heavy atom. The first-order valence-corrected chi connectivity index (χ1v) is 5.99. The minimum atomic E-state index is 0.665. The predicted molar refractivity (Wildman–Crippen MR) is 67.9 cm³/mol. The number of nitrogens with zero attached hydrogens (tertiary/aromatic N) is 1. The minimum Gasteiger partial charge on any atom is -0.316 e. The smallest absolute Gasteiger partial charge is 0.0214 e. The number of hydrogen-bond donors (Lipinski definition) is 1. The molecule has 0 saturated heterocycles. The summed E-state index contributed by atoms with van der Waals surface area (Å²) in [6.07, 6.45) is 3.51. The van der Waals surface area contributed by atoms with Gasteiger partial charge in [-0.1, -0.05) is 0 Å². The van der Waals surface area contributed by atoms with E-state index in [0.29, 0.717) is 6.04 Å². The molecule has 0 aliphatic rings. The van der Waals surface area contributed by atoms with E-state index in [2.05, 4.69) is 43.0 Å². The summed E-state index contributed by atoms with van der Waals surface area (Å²) in [4.78, 5) is 2.39. The van der Waals surface area contributed by atoms with Crippen LogP contribution in [0.3, 0.4) is 0 Å². The van der Waals surface area contributed by atoms with Gasteiger partial charge < -0.3 is 10.2 Å². The molecule has 0 atom stereocenters. The molecule has 0 aromatic heterocycles. The van der Waals surface area contributed by atoms with Crippen molar-refractivity contribution in [3.8, 4) is 11.8 Å². The minimum absolute atomic E-state index is 0.665. The van der Waals surface area contributed by atoms with Crippen LogP contribution in [0.15, 0.2) is 0 Å². The normalized spacial score (nSPS) is 10.5. The highest BCUT2D eigenvalue weighted by atomic mass is 15.1. The van der Waals surface area contributed by atoms with Crippen molar-refractivity contribution in [2.24, 2.45) is 0 Å². The van der Waals surface area contributed by atoms with E-state index >= 15 is 0 Å². The zero-order valence-corrected chi connectivity index (χ0v) is 10.8. The highest BCUT2D eigenvalue weighted by Gasteiger charge is 2.01. The summed E-state index contributed by atoms with van der Waals surface area (Å²) >= 11 is 0. The monoisotopic (exact) mass is 210 g/mol. The van der Waals surface area contributed by atoms with Crippen molar-refractivity contribution >= 4 is 0 Å². The number of rotatable bonds is 8. The summed E-state index contributed by atoms with van der Waals surface area (Å²) in [5.41, 5.74) is 0. The van der Waals surface area contributed by atoms with Gasteiger partial charge in [-0.2, -0.15) is 0 Å². The van der Waals surface area contributed by atoms with Crippen molar-refractivity contribution in [3.05, 3.63) is 0 Å². The van der Waals surface area contributed by atoms with Crippen molar-refractivity contribution < 1.29 is 0 Å². The molecule has 0 fully saturated rings. The van der Waals surface area contributed by atoms with E-state index < -0.39 is 0 Å². The summed E-state index contributed by atoms with van der Waals surface area (Å²) in [7, 11) is 2.19. The summed E-state index contributed by atoms with van der Waals surface area (Å²) in [6, 6.07) is 0.665. The van der Waals surface area contributed by atoms with Gasteiger partial charge in [0.25, 0.3) is 0 Å². The van der Waals surface area contributed by atoms with Crippen molar-refractivity contribution in [1.82, 2.24) is 10.2 Å². The zero-order valence-electron chi connectivity index (χ0n) is 10.8. The average Bonchev–Trinajstić information content (AvgIpc) is 2.21. The van der Waals surface area contributed by atoms with Crippen molar-refractivity contribution in [2.45, 2.75) is 46.1 Å². The first-order valence-electron chi connectivity index (χ1n) is 5.99. The fraction of sp³-hybridized carbons (Fsp3) is 0.846. The molecule has 2 nitrogen and oxygen atoms in total. The van der Waals surface area contributed by atoms with Gasteiger partial charge in [0.1, 0.15) is 0 Å². The van der Waals surface area contributed by atoms with E-state index in [0.717, 1.165) is 19.5 Å². The highest BCUT2D eigenvalue weighted by Crippen LogP contribution is 1.97. The van der Waals surface area contributed by atoms with Gasteiger partial charge in [0.15, 0.2) is 0 Å². The Bertz CT molecular complexity index is 188. The maximum absolute atomic E-state index is 3.40. The third-order valence-electron chi connectivity index (χ3n) is 2.60. The van der Waals surface area contributed by atoms with Crippen LogP contribution >= 0.6 is 0 Å². The lowest BCUT2D eigenvalue weighted by Crippen LogP contribution is -2.28. The second-order valence-electron chi connectivity index (χ2n) is 4.21. The largest absolute Gasteiger partial charge is 0.316 e. The Kier molecular flexibility index (Phi) is 9.67. The van der Waals surface area contributed by atoms with E-state index in [-0.39, 0.29) is 0 Å². The van der Waals surface area contributed by atoms with E-state index in [1.54, 1.807) is 0 Å². The number of hydrogen-bond acceptors (Lipinski definition) is 2. The van der Waals surface area contributed by atoms with Gasteiger partial charge in [-0.15, -0.1) is 11.8 Å². The van der Waals surface area contributed by atoms with Gasteiger partial charge in [-0.05, 0) is 53.8 Å². The van der Waals surface area contributed by atoms with E-state index in [9.17, 15) is 0 Å². The molecule has 15 heavy (non-hydrogen) atoms. The Labute approximate surface area is 95.4 Å². The molecule has 0 spiro atoms. The maximum Gasteiger partial charge on any atom is 0.0214 e. The Balaban J connectivity index is 3.13. The molecular formula is C13H26N2. The van der Waals surface area contributed by atoms with Crippen molar-refractivity contribution in [3.63, 3.8) is 0 Å². The lowest BCUT2D eigenvalue weighted by Gasteiger charge is -2.20.